The Labute approximate surface area is 204 Å². The van der Waals surface area contributed by atoms with Crippen LogP contribution in [0.5, 0.6) is 0 Å². The molecule has 2 unspecified atom stereocenters. The van der Waals surface area contributed by atoms with Crippen molar-refractivity contribution < 1.29 is 19.4 Å². The van der Waals surface area contributed by atoms with Crippen LogP contribution in [0.2, 0.25) is 10.0 Å². The molecular formula is C26H30Cl2FNO3. The maximum atomic E-state index is 14.2. The number of amides is 1. The van der Waals surface area contributed by atoms with Crippen LogP contribution in [-0.4, -0.2) is 28.8 Å². The fourth-order valence-corrected chi connectivity index (χ4v) is 4.62. The van der Waals surface area contributed by atoms with E-state index in [9.17, 15) is 19.4 Å². The third-order valence-electron chi connectivity index (χ3n) is 6.46. The average Bonchev–Trinajstić information content (AvgIpc) is 3.62. The summed E-state index contributed by atoms with van der Waals surface area (Å²) < 4.78 is 14.2. The quantitative estimate of drug-likeness (QED) is 0.346. The van der Waals surface area contributed by atoms with Crippen LogP contribution in [0.15, 0.2) is 55.1 Å². The van der Waals surface area contributed by atoms with E-state index in [1.165, 1.54) is 12.1 Å². The van der Waals surface area contributed by atoms with Crippen molar-refractivity contribution in [3.8, 4) is 0 Å². The predicted octanol–water partition coefficient (Wildman–Crippen LogP) is 5.81. The monoisotopic (exact) mass is 493 g/mol. The van der Waals surface area contributed by atoms with E-state index in [-0.39, 0.29) is 30.0 Å². The van der Waals surface area contributed by atoms with E-state index < -0.39 is 23.3 Å². The van der Waals surface area contributed by atoms with Crippen LogP contribution in [0, 0.1) is 17.2 Å². The van der Waals surface area contributed by atoms with Gasteiger partial charge in [-0.05, 0) is 67.0 Å². The van der Waals surface area contributed by atoms with E-state index in [0.717, 1.165) is 18.4 Å². The number of benzene rings is 2. The molecule has 1 amide bonds. The molecule has 3 rings (SSSR count). The summed E-state index contributed by atoms with van der Waals surface area (Å²) in [6.45, 7) is 5.51. The van der Waals surface area contributed by atoms with Crippen molar-refractivity contribution >= 4 is 29.1 Å². The van der Waals surface area contributed by atoms with Gasteiger partial charge in [-0.15, -0.1) is 6.58 Å². The lowest BCUT2D eigenvalue weighted by molar-refractivity contribution is -0.132. The number of allylic oxidation sites excluding steroid dienone is 1. The fraction of sp³-hybridized carbons (Fsp3) is 0.423. The lowest BCUT2D eigenvalue weighted by Crippen LogP contribution is -2.47. The molecule has 0 saturated heterocycles. The lowest BCUT2D eigenvalue weighted by atomic mass is 9.72. The SMILES string of the molecule is C=CC[C@@](C)(C[C@H](c1cccc(Cl)c1)C(O)c1ccc(Cl)c(F)c1)C(=O)NC(CO)C1CC1. The number of carbonyl (C=O) groups excluding carboxylic acids is 1. The Morgan fingerprint density at radius 3 is 2.58 bits per heavy atom. The van der Waals surface area contributed by atoms with Gasteiger partial charge >= 0.3 is 0 Å². The van der Waals surface area contributed by atoms with Crippen molar-refractivity contribution in [2.24, 2.45) is 11.3 Å². The van der Waals surface area contributed by atoms with Crippen LogP contribution in [0.25, 0.3) is 0 Å². The Bertz CT molecular complexity index is 997. The fourth-order valence-electron chi connectivity index (χ4n) is 4.30. The number of aliphatic hydroxyl groups is 2. The number of hydrogen-bond acceptors (Lipinski definition) is 3. The van der Waals surface area contributed by atoms with E-state index >= 15 is 0 Å². The summed E-state index contributed by atoms with van der Waals surface area (Å²) in [5.74, 6) is -1.11. The molecule has 0 aromatic heterocycles. The molecule has 33 heavy (non-hydrogen) atoms. The summed E-state index contributed by atoms with van der Waals surface area (Å²) in [4.78, 5) is 13.4. The number of carbonyl (C=O) groups is 1. The van der Waals surface area contributed by atoms with Crippen molar-refractivity contribution in [2.75, 3.05) is 6.61 Å². The molecule has 178 valence electrons. The van der Waals surface area contributed by atoms with Gasteiger partial charge < -0.3 is 15.5 Å². The first-order valence-electron chi connectivity index (χ1n) is 11.1. The van der Waals surface area contributed by atoms with Gasteiger partial charge in [-0.2, -0.15) is 0 Å². The van der Waals surface area contributed by atoms with Gasteiger partial charge in [0, 0.05) is 10.9 Å². The molecule has 0 aliphatic heterocycles. The number of halogens is 3. The summed E-state index contributed by atoms with van der Waals surface area (Å²) in [5.41, 5.74) is 0.159. The summed E-state index contributed by atoms with van der Waals surface area (Å²) in [6, 6.07) is 11.0. The first-order chi connectivity index (χ1) is 15.7. The zero-order valence-corrected chi connectivity index (χ0v) is 20.1. The first-order valence-corrected chi connectivity index (χ1v) is 11.9. The Morgan fingerprint density at radius 1 is 1.27 bits per heavy atom. The molecule has 1 aliphatic rings. The molecular weight excluding hydrogens is 464 g/mol. The van der Waals surface area contributed by atoms with Gasteiger partial charge in [0.05, 0.1) is 29.2 Å². The molecule has 7 heteroatoms. The molecule has 0 heterocycles. The molecule has 2 aromatic rings. The molecule has 4 atom stereocenters. The largest absolute Gasteiger partial charge is 0.394 e. The second-order valence-electron chi connectivity index (χ2n) is 9.14. The van der Waals surface area contributed by atoms with Crippen molar-refractivity contribution in [3.63, 3.8) is 0 Å². The number of nitrogens with one attached hydrogen (secondary N) is 1. The van der Waals surface area contributed by atoms with Gasteiger partial charge in [-0.3, -0.25) is 4.79 Å². The average molecular weight is 494 g/mol. The highest BCUT2D eigenvalue weighted by molar-refractivity contribution is 6.31. The zero-order chi connectivity index (χ0) is 24.2. The van der Waals surface area contributed by atoms with Crippen LogP contribution in [0.4, 0.5) is 4.39 Å². The second-order valence-corrected chi connectivity index (χ2v) is 9.98. The first kappa shape index (κ1) is 25.7. The molecule has 2 aromatic carbocycles. The van der Waals surface area contributed by atoms with Gasteiger partial charge in [0.2, 0.25) is 5.91 Å². The zero-order valence-electron chi connectivity index (χ0n) is 18.6. The van der Waals surface area contributed by atoms with Gasteiger partial charge in [0.15, 0.2) is 0 Å². The highest BCUT2D eigenvalue weighted by Crippen LogP contribution is 2.43. The molecule has 0 bridgehead atoms. The maximum Gasteiger partial charge on any atom is 0.226 e. The molecule has 3 N–H and O–H groups in total. The standard InChI is InChI=1S/C26H30Cl2FNO3/c1-3-11-26(2,25(33)30-23(15-31)16-7-8-16)14-20(17-5-4-6-19(27)12-17)24(32)18-9-10-21(28)22(29)13-18/h3-6,9-10,12-13,16,20,23-24,31-32H,1,7-8,11,14-15H2,2H3,(H,30,33)/t20-,23?,24?,26+/m1/s1. The van der Waals surface area contributed by atoms with Crippen molar-refractivity contribution in [1.29, 1.82) is 0 Å². The van der Waals surface area contributed by atoms with Crippen molar-refractivity contribution in [3.05, 3.63) is 82.1 Å². The topological polar surface area (TPSA) is 69.6 Å². The smallest absolute Gasteiger partial charge is 0.226 e. The molecule has 1 saturated carbocycles. The van der Waals surface area contributed by atoms with Crippen LogP contribution in [0.3, 0.4) is 0 Å². The minimum Gasteiger partial charge on any atom is -0.394 e. The highest BCUT2D eigenvalue weighted by Gasteiger charge is 2.41. The van der Waals surface area contributed by atoms with Gasteiger partial charge in [-0.1, -0.05) is 54.4 Å². The predicted molar refractivity (Wildman–Crippen MR) is 130 cm³/mol. The van der Waals surface area contributed by atoms with E-state index in [2.05, 4.69) is 11.9 Å². The van der Waals surface area contributed by atoms with Crippen LogP contribution >= 0.6 is 23.2 Å². The minimum atomic E-state index is -1.11. The number of aliphatic hydroxyl groups excluding tert-OH is 2. The Hall–Kier alpha value is -1.92. The molecule has 4 nitrogen and oxygen atoms in total. The summed E-state index contributed by atoms with van der Waals surface area (Å²) in [5, 5.41) is 24.5. The van der Waals surface area contributed by atoms with E-state index in [1.807, 2.05) is 13.0 Å². The Morgan fingerprint density at radius 2 is 2.00 bits per heavy atom. The van der Waals surface area contributed by atoms with E-state index in [4.69, 9.17) is 23.2 Å². The Kier molecular flexibility index (Phi) is 8.57. The van der Waals surface area contributed by atoms with Crippen LogP contribution in [0.1, 0.15) is 55.8 Å². The number of hydrogen-bond donors (Lipinski definition) is 3. The molecule has 1 aliphatic carbocycles. The third-order valence-corrected chi connectivity index (χ3v) is 7.00. The highest BCUT2D eigenvalue weighted by atomic mass is 35.5. The van der Waals surface area contributed by atoms with Crippen molar-refractivity contribution in [1.82, 2.24) is 5.32 Å². The summed E-state index contributed by atoms with van der Waals surface area (Å²) in [7, 11) is 0. The number of rotatable bonds is 11. The molecule has 0 radical (unpaired) electrons. The van der Waals surface area contributed by atoms with E-state index in [0.29, 0.717) is 22.9 Å². The molecule has 1 fully saturated rings. The Balaban J connectivity index is 1.95. The third kappa shape index (κ3) is 6.36. The van der Waals surface area contributed by atoms with Crippen molar-refractivity contribution in [2.45, 2.75) is 50.7 Å². The normalized spacial score (nSPS) is 18.1. The van der Waals surface area contributed by atoms with Gasteiger partial charge in [0.25, 0.3) is 0 Å². The van der Waals surface area contributed by atoms with Crippen LogP contribution < -0.4 is 5.32 Å². The van der Waals surface area contributed by atoms with Gasteiger partial charge in [0.1, 0.15) is 5.82 Å². The van der Waals surface area contributed by atoms with E-state index in [1.54, 1.807) is 30.3 Å². The lowest BCUT2D eigenvalue weighted by Gasteiger charge is -2.35. The second kappa shape index (κ2) is 11.0. The summed E-state index contributed by atoms with van der Waals surface area (Å²) in [6.07, 6.45) is 3.14. The van der Waals surface area contributed by atoms with Gasteiger partial charge in [-0.25, -0.2) is 4.39 Å². The summed E-state index contributed by atoms with van der Waals surface area (Å²) >= 11 is 12.1. The maximum absolute atomic E-state index is 14.2. The minimum absolute atomic E-state index is 0.0312. The van der Waals surface area contributed by atoms with Crippen LogP contribution in [-0.2, 0) is 4.79 Å². The molecule has 0 spiro atoms.